The number of hydrogen-bond acceptors (Lipinski definition) is 5. The molecule has 0 radical (unpaired) electrons. The minimum absolute atomic E-state index is 0.239. The number of aryl methyl sites for hydroxylation is 1. The molecule has 0 spiro atoms. The standard InChI is InChI=1S/C24H24FN5OS/c1-14-20(15(2)30(28-14)18-7-5-17(25)6-8-18)13-29-11-9-16(12-29)21-19-4-3-10-27-24(19)32-22(21)23(26)31/h3-8,10,16H,9,11-13H2,1-2H3,(H2,26,31)/t16-/m0/s1. The lowest BCUT2D eigenvalue weighted by atomic mass is 9.95. The molecule has 32 heavy (non-hydrogen) atoms. The number of pyridine rings is 1. The van der Waals surface area contributed by atoms with Crippen molar-refractivity contribution in [3.8, 4) is 5.69 Å². The summed E-state index contributed by atoms with van der Waals surface area (Å²) < 4.78 is 15.2. The highest BCUT2D eigenvalue weighted by atomic mass is 32.1. The molecular formula is C24H24FN5OS. The van der Waals surface area contributed by atoms with Gasteiger partial charge in [-0.1, -0.05) is 6.07 Å². The van der Waals surface area contributed by atoms with Crippen molar-refractivity contribution in [2.75, 3.05) is 13.1 Å². The Bertz CT molecular complexity index is 1310. The number of amides is 1. The average molecular weight is 450 g/mol. The second-order valence-corrected chi connectivity index (χ2v) is 9.32. The van der Waals surface area contributed by atoms with Crippen molar-refractivity contribution in [2.24, 2.45) is 5.73 Å². The minimum atomic E-state index is -0.381. The van der Waals surface area contributed by atoms with Crippen molar-refractivity contribution in [3.05, 3.63) is 75.8 Å². The van der Waals surface area contributed by atoms with Gasteiger partial charge < -0.3 is 5.73 Å². The molecule has 1 aliphatic rings. The first-order chi connectivity index (χ1) is 15.4. The predicted octanol–water partition coefficient (Wildman–Crippen LogP) is 4.33. The molecule has 1 aromatic carbocycles. The van der Waals surface area contributed by atoms with Crippen LogP contribution in [0, 0.1) is 19.7 Å². The summed E-state index contributed by atoms with van der Waals surface area (Å²) in [6, 6.07) is 10.3. The Kier molecular flexibility index (Phi) is 5.27. The lowest BCUT2D eigenvalue weighted by molar-refractivity contribution is 0.100. The highest BCUT2D eigenvalue weighted by molar-refractivity contribution is 7.20. The lowest BCUT2D eigenvalue weighted by Crippen LogP contribution is -2.21. The molecule has 4 aromatic rings. The maximum atomic E-state index is 13.3. The van der Waals surface area contributed by atoms with Gasteiger partial charge in [0.15, 0.2) is 0 Å². The molecule has 0 saturated carbocycles. The van der Waals surface area contributed by atoms with E-state index >= 15 is 0 Å². The van der Waals surface area contributed by atoms with Crippen LogP contribution >= 0.6 is 11.3 Å². The van der Waals surface area contributed by atoms with E-state index in [1.807, 2.05) is 23.7 Å². The Morgan fingerprint density at radius 2 is 2.03 bits per heavy atom. The summed E-state index contributed by atoms with van der Waals surface area (Å²) in [4.78, 5) is 20.4. The number of fused-ring (bicyclic) bond motifs is 1. The van der Waals surface area contributed by atoms with E-state index in [4.69, 9.17) is 10.8 Å². The van der Waals surface area contributed by atoms with E-state index in [1.165, 1.54) is 29.0 Å². The number of hydrogen-bond donors (Lipinski definition) is 1. The van der Waals surface area contributed by atoms with Crippen LogP contribution in [0.5, 0.6) is 0 Å². The van der Waals surface area contributed by atoms with Gasteiger partial charge in [-0.15, -0.1) is 11.3 Å². The maximum Gasteiger partial charge on any atom is 0.259 e. The summed E-state index contributed by atoms with van der Waals surface area (Å²) in [5.41, 5.74) is 10.8. The molecule has 1 amide bonds. The van der Waals surface area contributed by atoms with E-state index in [0.29, 0.717) is 4.88 Å². The fourth-order valence-corrected chi connectivity index (χ4v) is 5.79. The fraction of sp³-hybridized carbons (Fsp3) is 0.292. The van der Waals surface area contributed by atoms with Gasteiger partial charge in [0.1, 0.15) is 10.6 Å². The quantitative estimate of drug-likeness (QED) is 0.492. The number of primary amides is 1. The Hall–Kier alpha value is -3.10. The van der Waals surface area contributed by atoms with E-state index in [1.54, 1.807) is 18.3 Å². The van der Waals surface area contributed by atoms with Gasteiger partial charge in [-0.05, 0) is 62.7 Å². The number of thiophene rings is 1. The summed E-state index contributed by atoms with van der Waals surface area (Å²) in [6.45, 7) is 6.62. The third-order valence-electron chi connectivity index (χ3n) is 6.30. The van der Waals surface area contributed by atoms with Crippen molar-refractivity contribution in [3.63, 3.8) is 0 Å². The van der Waals surface area contributed by atoms with Gasteiger partial charge in [0.05, 0.1) is 16.3 Å². The molecule has 1 saturated heterocycles. The molecule has 5 rings (SSSR count). The number of carbonyl (C=O) groups excluding carboxylic acids is 1. The van der Waals surface area contributed by atoms with E-state index in [-0.39, 0.29) is 17.6 Å². The maximum absolute atomic E-state index is 13.3. The molecular weight excluding hydrogens is 425 g/mol. The van der Waals surface area contributed by atoms with Gasteiger partial charge in [-0.2, -0.15) is 5.10 Å². The van der Waals surface area contributed by atoms with Gasteiger partial charge in [0.2, 0.25) is 0 Å². The molecule has 8 heteroatoms. The predicted molar refractivity (Wildman–Crippen MR) is 124 cm³/mol. The van der Waals surface area contributed by atoms with Gasteiger partial charge in [-0.25, -0.2) is 14.1 Å². The van der Waals surface area contributed by atoms with Crippen molar-refractivity contribution < 1.29 is 9.18 Å². The first-order valence-electron chi connectivity index (χ1n) is 10.6. The first-order valence-corrected chi connectivity index (χ1v) is 11.4. The van der Waals surface area contributed by atoms with Crippen LogP contribution < -0.4 is 5.73 Å². The highest BCUT2D eigenvalue weighted by Gasteiger charge is 2.31. The van der Waals surface area contributed by atoms with Crippen LogP contribution in [0.3, 0.4) is 0 Å². The van der Waals surface area contributed by atoms with Crippen molar-refractivity contribution in [1.82, 2.24) is 19.7 Å². The molecule has 6 nitrogen and oxygen atoms in total. The first kappa shape index (κ1) is 20.8. The topological polar surface area (TPSA) is 77.0 Å². The zero-order chi connectivity index (χ0) is 22.4. The summed E-state index contributed by atoms with van der Waals surface area (Å²) in [5, 5.41) is 5.74. The number of aromatic nitrogens is 3. The molecule has 3 aromatic heterocycles. The number of benzene rings is 1. The minimum Gasteiger partial charge on any atom is -0.365 e. The Labute approximate surface area is 189 Å². The normalized spacial score (nSPS) is 16.8. The molecule has 1 fully saturated rings. The van der Waals surface area contributed by atoms with Crippen molar-refractivity contribution >= 4 is 27.5 Å². The number of likely N-dealkylation sites (tertiary alicyclic amines) is 1. The molecule has 1 atom stereocenters. The number of nitrogens with two attached hydrogens (primary N) is 1. The third kappa shape index (κ3) is 3.59. The van der Waals surface area contributed by atoms with Crippen LogP contribution in [0.1, 0.15) is 44.5 Å². The highest BCUT2D eigenvalue weighted by Crippen LogP contribution is 2.39. The molecule has 1 aliphatic heterocycles. The second-order valence-electron chi connectivity index (χ2n) is 8.32. The Balaban J connectivity index is 1.40. The van der Waals surface area contributed by atoms with Crippen LogP contribution in [0.2, 0.25) is 0 Å². The van der Waals surface area contributed by atoms with E-state index in [2.05, 4.69) is 16.8 Å². The average Bonchev–Trinajstić information content (AvgIpc) is 3.46. The summed E-state index contributed by atoms with van der Waals surface area (Å²) in [6.07, 6.45) is 2.71. The molecule has 4 heterocycles. The Morgan fingerprint density at radius 1 is 1.25 bits per heavy atom. The monoisotopic (exact) mass is 449 g/mol. The number of halogens is 1. The summed E-state index contributed by atoms with van der Waals surface area (Å²) in [7, 11) is 0. The number of carbonyl (C=O) groups is 1. The largest absolute Gasteiger partial charge is 0.365 e. The van der Waals surface area contributed by atoms with Crippen LogP contribution in [-0.4, -0.2) is 38.7 Å². The van der Waals surface area contributed by atoms with E-state index in [0.717, 1.165) is 58.9 Å². The SMILES string of the molecule is Cc1nn(-c2ccc(F)cc2)c(C)c1CN1CC[C@H](c2c(C(N)=O)sc3ncccc23)C1. The molecule has 0 aliphatic carbocycles. The number of nitrogens with zero attached hydrogens (tertiary/aromatic N) is 4. The molecule has 0 bridgehead atoms. The van der Waals surface area contributed by atoms with Gasteiger partial charge in [0.25, 0.3) is 5.91 Å². The van der Waals surface area contributed by atoms with Crippen LogP contribution in [0.4, 0.5) is 4.39 Å². The summed E-state index contributed by atoms with van der Waals surface area (Å²) in [5.74, 6) is -0.401. The van der Waals surface area contributed by atoms with E-state index < -0.39 is 0 Å². The smallest absolute Gasteiger partial charge is 0.259 e. The lowest BCUT2D eigenvalue weighted by Gasteiger charge is -2.17. The summed E-state index contributed by atoms with van der Waals surface area (Å²) >= 11 is 1.39. The zero-order valence-corrected chi connectivity index (χ0v) is 18.8. The molecule has 0 unspecified atom stereocenters. The number of rotatable bonds is 5. The molecule has 2 N–H and O–H groups in total. The van der Waals surface area contributed by atoms with Gasteiger partial charge in [0, 0.05) is 41.8 Å². The van der Waals surface area contributed by atoms with Crippen LogP contribution in [0.25, 0.3) is 15.9 Å². The van der Waals surface area contributed by atoms with Gasteiger partial charge >= 0.3 is 0 Å². The third-order valence-corrected chi connectivity index (χ3v) is 7.45. The zero-order valence-electron chi connectivity index (χ0n) is 18.0. The van der Waals surface area contributed by atoms with Crippen LogP contribution in [0.15, 0.2) is 42.6 Å². The Morgan fingerprint density at radius 3 is 2.78 bits per heavy atom. The van der Waals surface area contributed by atoms with Gasteiger partial charge in [-0.3, -0.25) is 9.69 Å². The molecule has 164 valence electrons. The fourth-order valence-electron chi connectivity index (χ4n) is 4.71. The second kappa shape index (κ2) is 8.11. The van der Waals surface area contributed by atoms with Crippen LogP contribution in [-0.2, 0) is 6.54 Å². The van der Waals surface area contributed by atoms with Crippen molar-refractivity contribution in [2.45, 2.75) is 32.7 Å². The van der Waals surface area contributed by atoms with Crippen molar-refractivity contribution in [1.29, 1.82) is 0 Å². The van der Waals surface area contributed by atoms with E-state index in [9.17, 15) is 9.18 Å².